The first-order chi connectivity index (χ1) is 16.5. The van der Waals surface area contributed by atoms with E-state index in [1.165, 1.54) is 5.56 Å². The number of piperidine rings is 1. The molecule has 1 aliphatic rings. The third-order valence-corrected chi connectivity index (χ3v) is 6.53. The van der Waals surface area contributed by atoms with Gasteiger partial charge in [-0.05, 0) is 69.5 Å². The van der Waals surface area contributed by atoms with E-state index in [9.17, 15) is 4.79 Å². The van der Waals surface area contributed by atoms with Crippen molar-refractivity contribution in [2.45, 2.75) is 39.0 Å². The van der Waals surface area contributed by atoms with Crippen LogP contribution in [0.15, 0.2) is 42.6 Å². The molecule has 4 rings (SSSR count). The summed E-state index contributed by atoms with van der Waals surface area (Å²) in [7, 11) is 3.27. The lowest BCUT2D eigenvalue weighted by Crippen LogP contribution is -2.31. The van der Waals surface area contributed by atoms with Gasteiger partial charge in [-0.15, -0.1) is 0 Å². The average molecular weight is 463 g/mol. The first-order valence-corrected chi connectivity index (χ1v) is 11.9. The van der Waals surface area contributed by atoms with Crippen molar-refractivity contribution in [1.82, 2.24) is 20.4 Å². The molecule has 0 bridgehead atoms. The summed E-state index contributed by atoms with van der Waals surface area (Å²) in [6.45, 7) is 6.58. The molecule has 2 N–H and O–H groups in total. The van der Waals surface area contributed by atoms with Crippen LogP contribution >= 0.6 is 0 Å². The summed E-state index contributed by atoms with van der Waals surface area (Å²) in [6.07, 6.45) is 4.35. The standard InChI is InChI=1S/C27H34N4O3/c1-18-5-8-24(19(2)15-18)31-26(21-9-12-28-13-10-21)23(17-30-31)27(32)29-14-11-20-6-7-22(33-3)16-25(20)34-4/h5-8,15-17,21,28H,9-14H2,1-4H3,(H,29,32). The number of carbonyl (C=O) groups excluding carboxylic acids is 1. The number of ether oxygens (including phenoxy) is 2. The van der Waals surface area contributed by atoms with Gasteiger partial charge in [0, 0.05) is 18.5 Å². The van der Waals surface area contributed by atoms with E-state index < -0.39 is 0 Å². The number of hydrogen-bond acceptors (Lipinski definition) is 5. The predicted octanol–water partition coefficient (Wildman–Crippen LogP) is 3.95. The highest BCUT2D eigenvalue weighted by Crippen LogP contribution is 2.31. The normalized spacial score (nSPS) is 14.1. The minimum Gasteiger partial charge on any atom is -0.497 e. The minimum absolute atomic E-state index is 0.0861. The molecule has 180 valence electrons. The average Bonchev–Trinajstić information content (AvgIpc) is 3.29. The van der Waals surface area contributed by atoms with E-state index in [0.717, 1.165) is 59.9 Å². The van der Waals surface area contributed by atoms with E-state index in [2.05, 4.69) is 47.8 Å². The third-order valence-electron chi connectivity index (χ3n) is 6.53. The summed E-state index contributed by atoms with van der Waals surface area (Å²) < 4.78 is 12.7. The molecule has 0 spiro atoms. The van der Waals surface area contributed by atoms with E-state index in [-0.39, 0.29) is 11.8 Å². The number of aromatic nitrogens is 2. The molecule has 0 atom stereocenters. The monoisotopic (exact) mass is 462 g/mol. The van der Waals surface area contributed by atoms with Gasteiger partial charge >= 0.3 is 0 Å². The van der Waals surface area contributed by atoms with Crippen LogP contribution in [-0.4, -0.2) is 49.5 Å². The lowest BCUT2D eigenvalue weighted by Gasteiger charge is -2.25. The van der Waals surface area contributed by atoms with Crippen molar-refractivity contribution in [1.29, 1.82) is 0 Å². The van der Waals surface area contributed by atoms with Crippen molar-refractivity contribution >= 4 is 5.91 Å². The number of rotatable bonds is 8. The van der Waals surface area contributed by atoms with E-state index in [1.54, 1.807) is 20.4 Å². The fourth-order valence-electron chi connectivity index (χ4n) is 4.72. The Labute approximate surface area is 201 Å². The van der Waals surface area contributed by atoms with Gasteiger partial charge in [0.05, 0.1) is 37.4 Å². The second-order valence-electron chi connectivity index (χ2n) is 8.85. The third kappa shape index (κ3) is 5.09. The Kier molecular flexibility index (Phi) is 7.53. The maximum absolute atomic E-state index is 13.3. The van der Waals surface area contributed by atoms with Crippen molar-refractivity contribution in [2.24, 2.45) is 0 Å². The van der Waals surface area contributed by atoms with Gasteiger partial charge in [0.25, 0.3) is 5.91 Å². The molecule has 7 nitrogen and oxygen atoms in total. The van der Waals surface area contributed by atoms with Crippen molar-refractivity contribution in [3.8, 4) is 17.2 Å². The van der Waals surface area contributed by atoms with Gasteiger partial charge in [-0.1, -0.05) is 23.8 Å². The van der Waals surface area contributed by atoms with Crippen molar-refractivity contribution in [2.75, 3.05) is 33.9 Å². The Morgan fingerprint density at radius 2 is 1.91 bits per heavy atom. The number of carbonyl (C=O) groups is 1. The van der Waals surface area contributed by atoms with Crippen LogP contribution in [0, 0.1) is 13.8 Å². The van der Waals surface area contributed by atoms with Gasteiger partial charge in [-0.25, -0.2) is 4.68 Å². The second-order valence-corrected chi connectivity index (χ2v) is 8.85. The Morgan fingerprint density at radius 3 is 2.62 bits per heavy atom. The van der Waals surface area contributed by atoms with Gasteiger partial charge in [0.15, 0.2) is 0 Å². The lowest BCUT2D eigenvalue weighted by atomic mass is 9.91. The van der Waals surface area contributed by atoms with Gasteiger partial charge in [0.2, 0.25) is 0 Å². The fraction of sp³-hybridized carbons (Fsp3) is 0.407. The Hall–Kier alpha value is -3.32. The Balaban J connectivity index is 1.56. The smallest absolute Gasteiger partial charge is 0.254 e. The molecular formula is C27H34N4O3. The molecule has 34 heavy (non-hydrogen) atoms. The molecule has 1 aromatic heterocycles. The molecule has 0 aliphatic carbocycles. The van der Waals surface area contributed by atoms with Crippen LogP contribution in [0.3, 0.4) is 0 Å². The van der Waals surface area contributed by atoms with Crippen LogP contribution in [-0.2, 0) is 6.42 Å². The van der Waals surface area contributed by atoms with Crippen molar-refractivity contribution in [3.63, 3.8) is 0 Å². The number of amides is 1. The number of methoxy groups -OCH3 is 2. The summed E-state index contributed by atoms with van der Waals surface area (Å²) in [5, 5.41) is 11.2. The van der Waals surface area contributed by atoms with Gasteiger partial charge < -0.3 is 20.1 Å². The maximum atomic E-state index is 13.3. The van der Waals surface area contributed by atoms with Gasteiger partial charge in [0.1, 0.15) is 11.5 Å². The maximum Gasteiger partial charge on any atom is 0.254 e. The molecule has 0 radical (unpaired) electrons. The van der Waals surface area contributed by atoms with Crippen molar-refractivity contribution < 1.29 is 14.3 Å². The summed E-state index contributed by atoms with van der Waals surface area (Å²) in [4.78, 5) is 13.3. The topological polar surface area (TPSA) is 77.4 Å². The summed E-state index contributed by atoms with van der Waals surface area (Å²) in [5.41, 5.74) is 6.08. The van der Waals surface area contributed by atoms with Crippen LogP contribution in [0.2, 0.25) is 0 Å². The molecule has 2 aromatic carbocycles. The Bertz CT molecular complexity index is 1150. The molecule has 7 heteroatoms. The molecule has 3 aromatic rings. The van der Waals surface area contributed by atoms with Crippen molar-refractivity contribution in [3.05, 3.63) is 70.5 Å². The van der Waals surface area contributed by atoms with E-state index in [0.29, 0.717) is 18.5 Å². The number of aryl methyl sites for hydroxylation is 2. The molecule has 1 amide bonds. The molecule has 1 aliphatic heterocycles. The highest BCUT2D eigenvalue weighted by Gasteiger charge is 2.27. The number of nitrogens with one attached hydrogen (secondary N) is 2. The summed E-state index contributed by atoms with van der Waals surface area (Å²) >= 11 is 0. The molecule has 0 unspecified atom stereocenters. The van der Waals surface area contributed by atoms with Crippen LogP contribution in [0.5, 0.6) is 11.5 Å². The number of nitrogens with zero attached hydrogens (tertiary/aromatic N) is 2. The second kappa shape index (κ2) is 10.7. The Morgan fingerprint density at radius 1 is 1.12 bits per heavy atom. The fourth-order valence-corrected chi connectivity index (χ4v) is 4.72. The number of hydrogen-bond donors (Lipinski definition) is 2. The number of benzene rings is 2. The van der Waals surface area contributed by atoms with E-state index in [4.69, 9.17) is 9.47 Å². The first-order valence-electron chi connectivity index (χ1n) is 11.9. The first kappa shape index (κ1) is 23.8. The molecule has 0 saturated carbocycles. The van der Waals surface area contributed by atoms with E-state index in [1.807, 2.05) is 22.9 Å². The largest absolute Gasteiger partial charge is 0.497 e. The van der Waals surface area contributed by atoms with Gasteiger partial charge in [-0.3, -0.25) is 4.79 Å². The summed E-state index contributed by atoms with van der Waals surface area (Å²) in [5.74, 6) is 1.70. The zero-order valence-corrected chi connectivity index (χ0v) is 20.5. The molecule has 2 heterocycles. The molecule has 1 fully saturated rings. The highest BCUT2D eigenvalue weighted by atomic mass is 16.5. The SMILES string of the molecule is COc1ccc(CCNC(=O)c2cnn(-c3ccc(C)cc3C)c2C2CCNCC2)c(OC)c1. The minimum atomic E-state index is -0.0861. The van der Waals surface area contributed by atoms with Crippen LogP contribution < -0.4 is 20.1 Å². The zero-order valence-electron chi connectivity index (χ0n) is 20.5. The zero-order chi connectivity index (χ0) is 24.1. The molecular weight excluding hydrogens is 428 g/mol. The van der Waals surface area contributed by atoms with Crippen LogP contribution in [0.25, 0.3) is 5.69 Å². The predicted molar refractivity (Wildman–Crippen MR) is 133 cm³/mol. The quantitative estimate of drug-likeness (QED) is 0.530. The van der Waals surface area contributed by atoms with Crippen LogP contribution in [0.4, 0.5) is 0 Å². The lowest BCUT2D eigenvalue weighted by molar-refractivity contribution is 0.0952. The van der Waals surface area contributed by atoms with E-state index >= 15 is 0 Å². The summed E-state index contributed by atoms with van der Waals surface area (Å²) in [6, 6.07) is 12.1. The van der Waals surface area contributed by atoms with Gasteiger partial charge in [-0.2, -0.15) is 5.10 Å². The molecule has 1 saturated heterocycles. The van der Waals surface area contributed by atoms with Crippen LogP contribution in [0.1, 0.15) is 51.5 Å². The highest BCUT2D eigenvalue weighted by molar-refractivity contribution is 5.95.